The quantitative estimate of drug-likeness (QED) is 0.823. The summed E-state index contributed by atoms with van der Waals surface area (Å²) in [5, 5.41) is 16.0. The van der Waals surface area contributed by atoms with E-state index >= 15 is 0 Å². The van der Waals surface area contributed by atoms with Crippen LogP contribution in [-0.2, 0) is 0 Å². The zero-order valence-electron chi connectivity index (χ0n) is 8.00. The first-order valence-corrected chi connectivity index (χ1v) is 4.54. The Morgan fingerprint density at radius 3 is 2.67 bits per heavy atom. The third kappa shape index (κ3) is 2.30. The van der Waals surface area contributed by atoms with Crippen LogP contribution >= 0.6 is 0 Å². The highest BCUT2D eigenvalue weighted by Gasteiger charge is 2.01. The van der Waals surface area contributed by atoms with Crippen molar-refractivity contribution in [2.75, 3.05) is 6.61 Å². The second-order valence-corrected chi connectivity index (χ2v) is 2.95. The fourth-order valence-corrected chi connectivity index (χ4v) is 1.22. The maximum absolute atomic E-state index is 8.61. The molecule has 0 aliphatic carbocycles. The molecule has 0 fully saturated rings. The molecule has 0 saturated heterocycles. The lowest BCUT2D eigenvalue weighted by atomic mass is 10.1. The number of hydrogen-bond donors (Lipinski definition) is 1. The number of aliphatic hydroxyl groups excluding tert-OH is 1. The van der Waals surface area contributed by atoms with Gasteiger partial charge in [0.15, 0.2) is 0 Å². The van der Waals surface area contributed by atoms with Gasteiger partial charge in [-0.1, -0.05) is 24.3 Å². The van der Waals surface area contributed by atoms with Crippen molar-refractivity contribution in [3.8, 4) is 11.5 Å². The highest BCUT2D eigenvalue weighted by Crippen LogP contribution is 2.16. The van der Waals surface area contributed by atoms with Gasteiger partial charge in [-0.25, -0.2) is 0 Å². The van der Waals surface area contributed by atoms with E-state index in [0.717, 1.165) is 11.1 Å². The van der Waals surface area contributed by atoms with Crippen molar-refractivity contribution in [2.45, 2.75) is 0 Å². The molecule has 76 valence electrons. The molecule has 0 aliphatic heterocycles. The molecule has 0 atom stereocenters. The van der Waals surface area contributed by atoms with Gasteiger partial charge in [-0.15, -0.1) is 10.2 Å². The van der Waals surface area contributed by atoms with Crippen LogP contribution in [0.2, 0.25) is 0 Å². The zero-order valence-corrected chi connectivity index (χ0v) is 8.00. The Labute approximate surface area is 86.9 Å². The first-order valence-electron chi connectivity index (χ1n) is 4.54. The van der Waals surface area contributed by atoms with Crippen molar-refractivity contribution in [3.05, 3.63) is 42.3 Å². The van der Waals surface area contributed by atoms with Crippen molar-refractivity contribution >= 4 is 6.08 Å². The van der Waals surface area contributed by atoms with Gasteiger partial charge in [0, 0.05) is 5.56 Å². The normalized spacial score (nSPS) is 11.0. The highest BCUT2D eigenvalue weighted by molar-refractivity contribution is 5.58. The smallest absolute Gasteiger partial charge is 0.247 e. The molecule has 0 bridgehead atoms. The Hall–Kier alpha value is -1.94. The van der Waals surface area contributed by atoms with E-state index in [1.165, 1.54) is 6.39 Å². The number of aliphatic hydroxyl groups is 1. The molecule has 1 N–H and O–H groups in total. The molecule has 0 unspecified atom stereocenters. The van der Waals surface area contributed by atoms with Crippen molar-refractivity contribution < 1.29 is 9.52 Å². The fourth-order valence-electron chi connectivity index (χ4n) is 1.22. The summed E-state index contributed by atoms with van der Waals surface area (Å²) in [5.41, 5.74) is 1.90. The van der Waals surface area contributed by atoms with Gasteiger partial charge in [0.05, 0.1) is 6.61 Å². The van der Waals surface area contributed by atoms with Crippen molar-refractivity contribution in [2.24, 2.45) is 0 Å². The van der Waals surface area contributed by atoms with Gasteiger partial charge in [-0.2, -0.15) is 0 Å². The molecule has 0 spiro atoms. The summed E-state index contributed by atoms with van der Waals surface area (Å²) in [6.45, 7) is 0.0470. The van der Waals surface area contributed by atoms with Crippen molar-refractivity contribution in [3.63, 3.8) is 0 Å². The Kier molecular flexibility index (Phi) is 2.90. The highest BCUT2D eigenvalue weighted by atomic mass is 16.4. The minimum atomic E-state index is 0.0470. The molecule has 0 radical (unpaired) electrons. The Morgan fingerprint density at radius 2 is 2.07 bits per heavy atom. The lowest BCUT2D eigenvalue weighted by molar-refractivity contribution is 0.343. The van der Waals surface area contributed by atoms with Crippen LogP contribution in [0, 0.1) is 0 Å². The van der Waals surface area contributed by atoms with Crippen LogP contribution in [0.4, 0.5) is 0 Å². The number of hydrogen-bond acceptors (Lipinski definition) is 4. The van der Waals surface area contributed by atoms with Crippen LogP contribution in [0.25, 0.3) is 17.5 Å². The van der Waals surface area contributed by atoms with E-state index < -0.39 is 0 Å². The number of nitrogens with zero attached hydrogens (tertiary/aromatic N) is 2. The molecular formula is C11H10N2O2. The van der Waals surface area contributed by atoms with Gasteiger partial charge in [-0.3, -0.25) is 0 Å². The van der Waals surface area contributed by atoms with Gasteiger partial charge in [0.2, 0.25) is 12.3 Å². The van der Waals surface area contributed by atoms with E-state index in [9.17, 15) is 0 Å². The molecule has 2 rings (SSSR count). The largest absolute Gasteiger partial charge is 0.423 e. The Bertz CT molecular complexity index is 432. The average molecular weight is 202 g/mol. The van der Waals surface area contributed by atoms with Gasteiger partial charge in [-0.05, 0) is 17.7 Å². The van der Waals surface area contributed by atoms with E-state index in [1.807, 2.05) is 30.3 Å². The van der Waals surface area contributed by atoms with Gasteiger partial charge >= 0.3 is 0 Å². The summed E-state index contributed by atoms with van der Waals surface area (Å²) in [4.78, 5) is 0. The van der Waals surface area contributed by atoms with E-state index in [0.29, 0.717) is 5.89 Å². The van der Waals surface area contributed by atoms with Crippen LogP contribution in [-0.4, -0.2) is 21.9 Å². The SMILES string of the molecule is OCC=Cc1ccc(-c2nnco2)cc1. The van der Waals surface area contributed by atoms with Crippen LogP contribution < -0.4 is 0 Å². The lowest BCUT2D eigenvalue weighted by Gasteiger charge is -1.95. The van der Waals surface area contributed by atoms with Gasteiger partial charge < -0.3 is 9.52 Å². The van der Waals surface area contributed by atoms with E-state index in [4.69, 9.17) is 9.52 Å². The molecular weight excluding hydrogens is 192 g/mol. The van der Waals surface area contributed by atoms with E-state index in [2.05, 4.69) is 10.2 Å². The monoisotopic (exact) mass is 202 g/mol. The molecule has 4 heteroatoms. The summed E-state index contributed by atoms with van der Waals surface area (Å²) >= 11 is 0. The number of rotatable bonds is 3. The van der Waals surface area contributed by atoms with Crippen LogP contribution in [0.3, 0.4) is 0 Å². The van der Waals surface area contributed by atoms with E-state index in [-0.39, 0.29) is 6.61 Å². The maximum atomic E-state index is 8.61. The van der Waals surface area contributed by atoms with Crippen molar-refractivity contribution in [1.82, 2.24) is 10.2 Å². The summed E-state index contributed by atoms with van der Waals surface area (Å²) in [7, 11) is 0. The summed E-state index contributed by atoms with van der Waals surface area (Å²) < 4.78 is 5.06. The first-order chi connectivity index (χ1) is 7.40. The standard InChI is InChI=1S/C11H10N2O2/c14-7-1-2-9-3-5-10(6-4-9)11-13-12-8-15-11/h1-6,8,14H,7H2. The zero-order chi connectivity index (χ0) is 10.5. The minimum absolute atomic E-state index is 0.0470. The molecule has 1 heterocycles. The third-order valence-corrected chi connectivity index (χ3v) is 1.93. The minimum Gasteiger partial charge on any atom is -0.423 e. The fraction of sp³-hybridized carbons (Fsp3) is 0.0909. The second-order valence-electron chi connectivity index (χ2n) is 2.95. The summed E-state index contributed by atoms with van der Waals surface area (Å²) in [6, 6.07) is 7.63. The molecule has 0 saturated carbocycles. The average Bonchev–Trinajstić information content (AvgIpc) is 2.80. The van der Waals surface area contributed by atoms with Gasteiger partial charge in [0.1, 0.15) is 0 Å². The molecule has 0 amide bonds. The molecule has 1 aromatic carbocycles. The summed E-state index contributed by atoms with van der Waals surface area (Å²) in [5.74, 6) is 0.507. The maximum Gasteiger partial charge on any atom is 0.247 e. The van der Waals surface area contributed by atoms with Gasteiger partial charge in [0.25, 0.3) is 0 Å². The van der Waals surface area contributed by atoms with Crippen molar-refractivity contribution in [1.29, 1.82) is 0 Å². The molecule has 1 aromatic heterocycles. The molecule has 0 aliphatic rings. The topological polar surface area (TPSA) is 59.2 Å². The first kappa shape index (κ1) is 9.61. The lowest BCUT2D eigenvalue weighted by Crippen LogP contribution is -1.79. The molecule has 15 heavy (non-hydrogen) atoms. The van der Waals surface area contributed by atoms with Crippen LogP contribution in [0.1, 0.15) is 5.56 Å². The Morgan fingerprint density at radius 1 is 1.27 bits per heavy atom. The molecule has 2 aromatic rings. The van der Waals surface area contributed by atoms with Crippen LogP contribution in [0.5, 0.6) is 0 Å². The molecule has 4 nitrogen and oxygen atoms in total. The Balaban J connectivity index is 2.21. The predicted octanol–water partition coefficient (Wildman–Crippen LogP) is 1.74. The number of benzene rings is 1. The van der Waals surface area contributed by atoms with E-state index in [1.54, 1.807) is 6.08 Å². The second kappa shape index (κ2) is 4.52. The third-order valence-electron chi connectivity index (χ3n) is 1.93. The number of aromatic nitrogens is 2. The predicted molar refractivity (Wildman–Crippen MR) is 55.9 cm³/mol. The van der Waals surface area contributed by atoms with Crippen LogP contribution in [0.15, 0.2) is 41.2 Å². The summed E-state index contributed by atoms with van der Waals surface area (Å²) in [6.07, 6.45) is 4.83.